The first-order valence-corrected chi connectivity index (χ1v) is 4.57. The van der Waals surface area contributed by atoms with Gasteiger partial charge in [-0.15, -0.1) is 11.3 Å². The minimum Gasteiger partial charge on any atom is -0.216 e. The molecule has 0 aliphatic heterocycles. The smallest absolute Gasteiger partial charge is 0.168 e. The summed E-state index contributed by atoms with van der Waals surface area (Å²) >= 11 is 7.08. The molecule has 1 nitrogen and oxygen atoms in total. The highest BCUT2D eigenvalue weighted by molar-refractivity contribution is 7.10. The molecule has 0 saturated carbocycles. The molecule has 0 radical (unpaired) electrons. The average Bonchev–Trinajstić information content (AvgIpc) is 2.31. The van der Waals surface area contributed by atoms with E-state index in [1.165, 1.54) is 11.3 Å². The molecule has 0 amide bonds. The third-order valence-corrected chi connectivity index (χ3v) is 2.02. The van der Waals surface area contributed by atoms with E-state index in [0.717, 1.165) is 5.01 Å². The maximum absolute atomic E-state index is 5.61. The fraction of sp³-hybridized carbons (Fsp3) is 0.375. The van der Waals surface area contributed by atoms with Gasteiger partial charge in [0.25, 0.3) is 0 Å². The monoisotopic (exact) mass is 185 g/mol. The summed E-state index contributed by atoms with van der Waals surface area (Å²) in [5, 5.41) is 3.11. The fourth-order valence-corrected chi connectivity index (χ4v) is 1.32. The van der Waals surface area contributed by atoms with E-state index in [4.69, 9.17) is 11.6 Å². The Morgan fingerprint density at radius 2 is 2.36 bits per heavy atom. The van der Waals surface area contributed by atoms with Crippen molar-refractivity contribution in [3.05, 3.63) is 15.5 Å². The Bertz CT molecular complexity index is 293. The molecular formula is C8H8ClNS. The molecule has 3 heteroatoms. The predicted molar refractivity (Wildman–Crippen MR) is 48.8 cm³/mol. The molecule has 0 spiro atoms. The van der Waals surface area contributed by atoms with Gasteiger partial charge in [-0.2, -0.15) is 0 Å². The molecule has 0 saturated heterocycles. The zero-order valence-electron chi connectivity index (χ0n) is 6.39. The Kier molecular flexibility index (Phi) is 2.92. The summed E-state index contributed by atoms with van der Waals surface area (Å²) in [5.41, 5.74) is 0. The van der Waals surface area contributed by atoms with Gasteiger partial charge in [-0.3, -0.25) is 0 Å². The first-order valence-electron chi connectivity index (χ1n) is 3.31. The molecule has 58 valence electrons. The zero-order chi connectivity index (χ0) is 8.27. The van der Waals surface area contributed by atoms with Gasteiger partial charge in [0.1, 0.15) is 5.15 Å². The Balaban J connectivity index is 2.74. The van der Waals surface area contributed by atoms with Crippen LogP contribution in [0.2, 0.25) is 5.15 Å². The highest BCUT2D eigenvalue weighted by Crippen LogP contribution is 2.12. The number of hydrogen-bond donors (Lipinski definition) is 0. The predicted octanol–water partition coefficient (Wildman–Crippen LogP) is 2.80. The van der Waals surface area contributed by atoms with Crippen molar-refractivity contribution in [1.29, 1.82) is 0 Å². The second-order valence-electron chi connectivity index (χ2n) is 2.40. The lowest BCUT2D eigenvalue weighted by Gasteiger charge is -1.84. The zero-order valence-corrected chi connectivity index (χ0v) is 7.96. The van der Waals surface area contributed by atoms with E-state index in [9.17, 15) is 0 Å². The van der Waals surface area contributed by atoms with Crippen molar-refractivity contribution >= 4 is 22.9 Å². The van der Waals surface area contributed by atoms with Crippen LogP contribution in [0, 0.1) is 17.8 Å². The van der Waals surface area contributed by atoms with Crippen molar-refractivity contribution in [3.63, 3.8) is 0 Å². The molecule has 1 rings (SSSR count). The van der Waals surface area contributed by atoms with Gasteiger partial charge < -0.3 is 0 Å². The Hall–Kier alpha value is -0.520. The normalized spacial score (nSPS) is 9.45. The lowest BCUT2D eigenvalue weighted by molar-refractivity contribution is 0.866. The van der Waals surface area contributed by atoms with Crippen LogP contribution < -0.4 is 0 Å². The molecule has 1 heterocycles. The molecule has 1 aromatic rings. The number of rotatable bonds is 0. The highest BCUT2D eigenvalue weighted by Gasteiger charge is 1.93. The molecule has 0 unspecified atom stereocenters. The molecule has 0 aromatic carbocycles. The summed E-state index contributed by atoms with van der Waals surface area (Å²) in [6.07, 6.45) is 0. The number of hydrogen-bond acceptors (Lipinski definition) is 2. The molecule has 0 aliphatic carbocycles. The van der Waals surface area contributed by atoms with Crippen molar-refractivity contribution < 1.29 is 0 Å². The van der Waals surface area contributed by atoms with Crippen LogP contribution in [-0.4, -0.2) is 4.98 Å². The summed E-state index contributed by atoms with van der Waals surface area (Å²) < 4.78 is 0. The van der Waals surface area contributed by atoms with E-state index in [-0.39, 0.29) is 0 Å². The Morgan fingerprint density at radius 1 is 1.64 bits per heavy atom. The fourth-order valence-electron chi connectivity index (χ4n) is 0.518. The van der Waals surface area contributed by atoms with Crippen molar-refractivity contribution in [2.75, 3.05) is 0 Å². The summed E-state index contributed by atoms with van der Waals surface area (Å²) in [6, 6.07) is 0. The van der Waals surface area contributed by atoms with Crippen LogP contribution in [0.25, 0.3) is 0 Å². The van der Waals surface area contributed by atoms with E-state index in [2.05, 4.69) is 16.8 Å². The summed E-state index contributed by atoms with van der Waals surface area (Å²) in [5.74, 6) is 6.34. The van der Waals surface area contributed by atoms with Gasteiger partial charge in [-0.05, 0) is 5.92 Å². The molecule has 1 aromatic heterocycles. The highest BCUT2D eigenvalue weighted by atomic mass is 35.5. The molecule has 0 atom stereocenters. The van der Waals surface area contributed by atoms with E-state index in [1.54, 1.807) is 5.38 Å². The van der Waals surface area contributed by atoms with Crippen LogP contribution in [0.1, 0.15) is 18.9 Å². The van der Waals surface area contributed by atoms with E-state index in [0.29, 0.717) is 11.1 Å². The molecule has 0 N–H and O–H groups in total. The van der Waals surface area contributed by atoms with Crippen LogP contribution in [0.15, 0.2) is 5.38 Å². The third kappa shape index (κ3) is 2.92. The van der Waals surface area contributed by atoms with Gasteiger partial charge >= 0.3 is 0 Å². The number of thiazole rings is 1. The molecule has 11 heavy (non-hydrogen) atoms. The van der Waals surface area contributed by atoms with Crippen LogP contribution in [0.4, 0.5) is 0 Å². The van der Waals surface area contributed by atoms with Crippen molar-refractivity contribution in [2.45, 2.75) is 13.8 Å². The van der Waals surface area contributed by atoms with Crippen LogP contribution in [-0.2, 0) is 0 Å². The Labute approximate surface area is 75.4 Å². The maximum atomic E-state index is 5.61. The number of nitrogens with zero attached hydrogens (tertiary/aromatic N) is 1. The van der Waals surface area contributed by atoms with Gasteiger partial charge in [-0.1, -0.05) is 31.4 Å². The lowest BCUT2D eigenvalue weighted by Crippen LogP contribution is -1.78. The average molecular weight is 186 g/mol. The summed E-state index contributed by atoms with van der Waals surface area (Å²) in [6.45, 7) is 4.09. The largest absolute Gasteiger partial charge is 0.216 e. The summed E-state index contributed by atoms with van der Waals surface area (Å²) in [4.78, 5) is 3.99. The standard InChI is InChI=1S/C8H8ClNS/c1-6(2)3-4-8-10-7(9)5-11-8/h5-6H,1-2H3. The quantitative estimate of drug-likeness (QED) is 0.567. The molecule has 0 aliphatic rings. The van der Waals surface area contributed by atoms with E-state index < -0.39 is 0 Å². The van der Waals surface area contributed by atoms with Gasteiger partial charge in [-0.25, -0.2) is 4.98 Å². The van der Waals surface area contributed by atoms with Crippen molar-refractivity contribution in [1.82, 2.24) is 4.98 Å². The number of halogens is 1. The first kappa shape index (κ1) is 8.58. The first-order chi connectivity index (χ1) is 5.18. The lowest BCUT2D eigenvalue weighted by atomic mass is 10.2. The third-order valence-electron chi connectivity index (χ3n) is 0.944. The van der Waals surface area contributed by atoms with Gasteiger partial charge in [0, 0.05) is 11.3 Å². The SMILES string of the molecule is CC(C)C#Cc1nc(Cl)cs1. The maximum Gasteiger partial charge on any atom is 0.168 e. The second-order valence-corrected chi connectivity index (χ2v) is 3.64. The topological polar surface area (TPSA) is 12.9 Å². The Morgan fingerprint density at radius 3 is 2.82 bits per heavy atom. The van der Waals surface area contributed by atoms with Gasteiger partial charge in [0.2, 0.25) is 0 Å². The van der Waals surface area contributed by atoms with E-state index in [1.807, 2.05) is 13.8 Å². The van der Waals surface area contributed by atoms with Crippen LogP contribution in [0.3, 0.4) is 0 Å². The van der Waals surface area contributed by atoms with Crippen LogP contribution in [0.5, 0.6) is 0 Å². The molecular weight excluding hydrogens is 178 g/mol. The minimum atomic E-state index is 0.387. The molecule has 0 bridgehead atoms. The van der Waals surface area contributed by atoms with E-state index >= 15 is 0 Å². The minimum absolute atomic E-state index is 0.387. The second kappa shape index (κ2) is 3.75. The number of aromatic nitrogens is 1. The summed E-state index contributed by atoms with van der Waals surface area (Å²) in [7, 11) is 0. The van der Waals surface area contributed by atoms with Gasteiger partial charge in [0.15, 0.2) is 5.01 Å². The van der Waals surface area contributed by atoms with Crippen LogP contribution >= 0.6 is 22.9 Å². The van der Waals surface area contributed by atoms with Crippen molar-refractivity contribution in [2.24, 2.45) is 5.92 Å². The molecule has 0 fully saturated rings. The van der Waals surface area contributed by atoms with Gasteiger partial charge in [0.05, 0.1) is 0 Å². The van der Waals surface area contributed by atoms with Crippen molar-refractivity contribution in [3.8, 4) is 11.8 Å².